The minimum Gasteiger partial charge on any atom is -0.492 e. The molecule has 0 aliphatic rings. The van der Waals surface area contributed by atoms with E-state index in [0.29, 0.717) is 39.4 Å². The molecule has 1 aromatic rings. The van der Waals surface area contributed by atoms with Crippen molar-refractivity contribution in [2.24, 2.45) is 0 Å². The number of benzene rings is 1. The van der Waals surface area contributed by atoms with E-state index in [1.807, 2.05) is 31.2 Å². The largest absolute Gasteiger partial charge is 0.492 e. The maximum atomic E-state index is 12.0. The number of nitrogens with zero attached hydrogens (tertiary/aromatic N) is 1. The Balaban J connectivity index is 2.26. The predicted molar refractivity (Wildman–Crippen MR) is 86.6 cm³/mol. The highest BCUT2D eigenvalue weighted by atomic mass is 79.9. The van der Waals surface area contributed by atoms with E-state index in [2.05, 4.69) is 21.2 Å². The van der Waals surface area contributed by atoms with Crippen LogP contribution in [0, 0.1) is 0 Å². The summed E-state index contributed by atoms with van der Waals surface area (Å²) in [5.41, 5.74) is 0. The second kappa shape index (κ2) is 10.6. The number of ether oxygens (including phenoxy) is 2. The van der Waals surface area contributed by atoms with Crippen LogP contribution in [-0.2, 0) is 9.53 Å². The fourth-order valence-corrected chi connectivity index (χ4v) is 2.01. The number of carbonyl (C=O) groups is 1. The van der Waals surface area contributed by atoms with E-state index in [0.717, 1.165) is 10.2 Å². The van der Waals surface area contributed by atoms with Gasteiger partial charge in [-0.25, -0.2) is 0 Å². The van der Waals surface area contributed by atoms with Gasteiger partial charge in [-0.3, -0.25) is 4.79 Å². The molecule has 0 atom stereocenters. The van der Waals surface area contributed by atoms with Crippen molar-refractivity contribution in [1.29, 1.82) is 0 Å². The molecule has 0 aromatic heterocycles. The topological polar surface area (TPSA) is 50.8 Å². The molecule has 0 spiro atoms. The summed E-state index contributed by atoms with van der Waals surface area (Å²) in [7, 11) is 1.64. The first-order valence-corrected chi connectivity index (χ1v) is 7.82. The van der Waals surface area contributed by atoms with Gasteiger partial charge in [-0.1, -0.05) is 15.9 Å². The lowest BCUT2D eigenvalue weighted by atomic mass is 10.3. The van der Waals surface area contributed by atoms with Crippen LogP contribution in [0.4, 0.5) is 0 Å². The molecule has 1 rings (SSSR count). The minimum atomic E-state index is 0.0769. The van der Waals surface area contributed by atoms with Crippen molar-refractivity contribution in [3.63, 3.8) is 0 Å². The normalized spacial score (nSPS) is 10.4. The first-order chi connectivity index (χ1) is 10.2. The van der Waals surface area contributed by atoms with Gasteiger partial charge in [0, 0.05) is 24.7 Å². The lowest BCUT2D eigenvalue weighted by Crippen LogP contribution is -2.40. The van der Waals surface area contributed by atoms with Crippen LogP contribution in [0.3, 0.4) is 0 Å². The smallest absolute Gasteiger partial charge is 0.236 e. The third kappa shape index (κ3) is 7.45. The first kappa shape index (κ1) is 17.9. The number of amides is 1. The average molecular weight is 359 g/mol. The number of hydrogen-bond donors (Lipinski definition) is 1. The summed E-state index contributed by atoms with van der Waals surface area (Å²) in [6.07, 6.45) is 0. The molecule has 5 nitrogen and oxygen atoms in total. The first-order valence-electron chi connectivity index (χ1n) is 7.03. The van der Waals surface area contributed by atoms with Crippen LogP contribution >= 0.6 is 15.9 Å². The Morgan fingerprint density at radius 1 is 1.29 bits per heavy atom. The van der Waals surface area contributed by atoms with Crippen molar-refractivity contribution in [1.82, 2.24) is 10.2 Å². The van der Waals surface area contributed by atoms with Crippen LogP contribution in [0.2, 0.25) is 0 Å². The van der Waals surface area contributed by atoms with Crippen LogP contribution < -0.4 is 10.1 Å². The Morgan fingerprint density at radius 2 is 2.00 bits per heavy atom. The number of likely N-dealkylation sites (N-methyl/N-ethyl adjacent to an activating group) is 1. The van der Waals surface area contributed by atoms with E-state index in [1.165, 1.54) is 0 Å². The van der Waals surface area contributed by atoms with Gasteiger partial charge in [0.25, 0.3) is 0 Å². The zero-order valence-corrected chi connectivity index (χ0v) is 14.2. The Hall–Kier alpha value is -1.11. The number of hydrogen-bond acceptors (Lipinski definition) is 4. The van der Waals surface area contributed by atoms with Crippen LogP contribution in [0.15, 0.2) is 28.7 Å². The molecule has 6 heteroatoms. The van der Waals surface area contributed by atoms with Crippen molar-refractivity contribution < 1.29 is 14.3 Å². The van der Waals surface area contributed by atoms with Crippen molar-refractivity contribution in [3.8, 4) is 5.75 Å². The lowest BCUT2D eigenvalue weighted by Gasteiger charge is -2.21. The van der Waals surface area contributed by atoms with E-state index in [1.54, 1.807) is 12.0 Å². The minimum absolute atomic E-state index is 0.0769. The molecule has 0 aliphatic carbocycles. The van der Waals surface area contributed by atoms with E-state index >= 15 is 0 Å². The van der Waals surface area contributed by atoms with Gasteiger partial charge in [0.1, 0.15) is 12.4 Å². The van der Waals surface area contributed by atoms with Gasteiger partial charge in [-0.15, -0.1) is 0 Å². The summed E-state index contributed by atoms with van der Waals surface area (Å²) in [5, 5.41) is 3.05. The monoisotopic (exact) mass is 358 g/mol. The summed E-state index contributed by atoms with van der Waals surface area (Å²) in [5.74, 6) is 0.882. The maximum absolute atomic E-state index is 12.0. The maximum Gasteiger partial charge on any atom is 0.236 e. The highest BCUT2D eigenvalue weighted by Gasteiger charge is 2.10. The molecular weight excluding hydrogens is 336 g/mol. The molecule has 0 saturated carbocycles. The van der Waals surface area contributed by atoms with Gasteiger partial charge in [0.2, 0.25) is 5.91 Å². The standard InChI is InChI=1S/C15H23BrN2O3/c1-3-18(15(19)12-17-8-10-20-2)9-11-21-14-6-4-13(16)5-7-14/h4-7,17H,3,8-12H2,1-2H3. The van der Waals surface area contributed by atoms with Gasteiger partial charge in [-0.2, -0.15) is 0 Å². The molecule has 1 N–H and O–H groups in total. The number of nitrogens with one attached hydrogen (secondary N) is 1. The zero-order chi connectivity index (χ0) is 15.5. The Morgan fingerprint density at radius 3 is 2.62 bits per heavy atom. The van der Waals surface area contributed by atoms with Gasteiger partial charge in [0.15, 0.2) is 0 Å². The summed E-state index contributed by atoms with van der Waals surface area (Å²) in [6.45, 7) is 5.31. The SMILES string of the molecule is CCN(CCOc1ccc(Br)cc1)C(=O)CNCCOC. The van der Waals surface area contributed by atoms with Crippen LogP contribution in [0.5, 0.6) is 5.75 Å². The molecule has 0 aliphatic heterocycles. The predicted octanol–water partition coefficient (Wildman–Crippen LogP) is 1.91. The number of halogens is 1. The molecule has 1 aromatic carbocycles. The quantitative estimate of drug-likeness (QED) is 0.649. The Kier molecular flexibility index (Phi) is 9.05. The van der Waals surface area contributed by atoms with E-state index in [9.17, 15) is 4.79 Å². The molecule has 1 amide bonds. The zero-order valence-electron chi connectivity index (χ0n) is 12.6. The summed E-state index contributed by atoms with van der Waals surface area (Å²) < 4.78 is 11.6. The Labute approximate surface area is 134 Å². The molecule has 0 saturated heterocycles. The Bertz CT molecular complexity index is 412. The van der Waals surface area contributed by atoms with Gasteiger partial charge in [0.05, 0.1) is 19.7 Å². The van der Waals surface area contributed by atoms with E-state index < -0.39 is 0 Å². The summed E-state index contributed by atoms with van der Waals surface area (Å²) >= 11 is 3.38. The van der Waals surface area contributed by atoms with Crippen molar-refractivity contribution in [3.05, 3.63) is 28.7 Å². The van der Waals surface area contributed by atoms with Gasteiger partial charge < -0.3 is 19.7 Å². The third-order valence-electron chi connectivity index (χ3n) is 2.94. The van der Waals surface area contributed by atoms with Crippen molar-refractivity contribution in [2.75, 3.05) is 46.5 Å². The van der Waals surface area contributed by atoms with Crippen molar-refractivity contribution >= 4 is 21.8 Å². The molecule has 21 heavy (non-hydrogen) atoms. The molecule has 118 valence electrons. The lowest BCUT2D eigenvalue weighted by molar-refractivity contribution is -0.130. The molecular formula is C15H23BrN2O3. The van der Waals surface area contributed by atoms with Gasteiger partial charge in [-0.05, 0) is 31.2 Å². The second-order valence-electron chi connectivity index (χ2n) is 4.45. The fourth-order valence-electron chi connectivity index (χ4n) is 1.75. The van der Waals surface area contributed by atoms with E-state index in [-0.39, 0.29) is 5.91 Å². The molecule has 0 unspecified atom stereocenters. The summed E-state index contributed by atoms with van der Waals surface area (Å²) in [6, 6.07) is 7.65. The summed E-state index contributed by atoms with van der Waals surface area (Å²) in [4.78, 5) is 13.8. The van der Waals surface area contributed by atoms with Crippen molar-refractivity contribution in [2.45, 2.75) is 6.92 Å². The van der Waals surface area contributed by atoms with Crippen LogP contribution in [0.25, 0.3) is 0 Å². The third-order valence-corrected chi connectivity index (χ3v) is 3.47. The number of rotatable bonds is 10. The van der Waals surface area contributed by atoms with Crippen LogP contribution in [-0.4, -0.2) is 57.3 Å². The second-order valence-corrected chi connectivity index (χ2v) is 5.36. The van der Waals surface area contributed by atoms with Crippen LogP contribution in [0.1, 0.15) is 6.92 Å². The van der Waals surface area contributed by atoms with E-state index in [4.69, 9.17) is 9.47 Å². The fraction of sp³-hybridized carbons (Fsp3) is 0.533. The number of carbonyl (C=O) groups excluding carboxylic acids is 1. The highest BCUT2D eigenvalue weighted by Crippen LogP contribution is 2.15. The average Bonchev–Trinajstić information content (AvgIpc) is 2.50. The highest BCUT2D eigenvalue weighted by molar-refractivity contribution is 9.10. The molecule has 0 fully saturated rings. The number of methoxy groups -OCH3 is 1. The van der Waals surface area contributed by atoms with Gasteiger partial charge >= 0.3 is 0 Å². The molecule has 0 heterocycles. The molecule has 0 bridgehead atoms. The molecule has 0 radical (unpaired) electrons.